The van der Waals surface area contributed by atoms with Crippen molar-refractivity contribution >= 4 is 17.1 Å². The minimum absolute atomic E-state index is 0.0247. The molecule has 1 aromatic carbocycles. The zero-order valence-corrected chi connectivity index (χ0v) is 13.2. The molecule has 0 saturated heterocycles. The van der Waals surface area contributed by atoms with Gasteiger partial charge in [0.25, 0.3) is 0 Å². The summed E-state index contributed by atoms with van der Waals surface area (Å²) in [5, 5.41) is 0. The maximum Gasteiger partial charge on any atom is 0.184 e. The van der Waals surface area contributed by atoms with Gasteiger partial charge in [-0.1, -0.05) is 6.07 Å². The first kappa shape index (κ1) is 14.6. The maximum atomic E-state index is 12.0. The summed E-state index contributed by atoms with van der Waals surface area (Å²) in [6, 6.07) is 9.50. The van der Waals surface area contributed by atoms with Crippen molar-refractivity contribution in [3.8, 4) is 17.0 Å². The Bertz CT molecular complexity index is 988. The van der Waals surface area contributed by atoms with Crippen LogP contribution in [0.4, 0.5) is 0 Å². The smallest absolute Gasteiger partial charge is 0.184 e. The molecule has 0 unspecified atom stereocenters. The molecule has 0 saturated carbocycles. The molecule has 2 aromatic heterocycles. The normalized spacial score (nSPS) is 13.8. The highest BCUT2D eigenvalue weighted by Gasteiger charge is 2.20. The third-order valence-corrected chi connectivity index (χ3v) is 4.25. The second-order valence-corrected chi connectivity index (χ2v) is 5.59. The summed E-state index contributed by atoms with van der Waals surface area (Å²) in [7, 11) is 1.63. The average molecular weight is 320 g/mol. The van der Waals surface area contributed by atoms with Gasteiger partial charge >= 0.3 is 0 Å². The fraction of sp³-hybridized carbons (Fsp3) is 0.167. The molecule has 1 aliphatic rings. The van der Waals surface area contributed by atoms with Crippen LogP contribution in [0, 0.1) is 0 Å². The standard InChI is InChI=1S/C18H16N4O2/c1-24-12-4-5-22-16(9-21-18(22)7-12)11-2-3-13-14(6-11)15(8-19)20-10-17(13)23/h2-7,9H,8,10,19H2,1H3. The second kappa shape index (κ2) is 5.58. The number of imidazole rings is 1. The Kier molecular flexibility index (Phi) is 3.39. The molecule has 24 heavy (non-hydrogen) atoms. The van der Waals surface area contributed by atoms with Crippen LogP contribution in [-0.4, -0.2) is 41.1 Å². The number of nitrogens with two attached hydrogens (primary N) is 1. The Hall–Kier alpha value is -2.99. The molecule has 2 N–H and O–H groups in total. The van der Waals surface area contributed by atoms with Gasteiger partial charge in [0.2, 0.25) is 0 Å². The van der Waals surface area contributed by atoms with Crippen LogP contribution >= 0.6 is 0 Å². The first-order valence-electron chi connectivity index (χ1n) is 7.63. The van der Waals surface area contributed by atoms with Gasteiger partial charge < -0.3 is 10.5 Å². The van der Waals surface area contributed by atoms with Gasteiger partial charge in [0.05, 0.1) is 24.7 Å². The molecule has 0 fully saturated rings. The summed E-state index contributed by atoms with van der Waals surface area (Å²) in [6.07, 6.45) is 3.72. The summed E-state index contributed by atoms with van der Waals surface area (Å²) in [5.41, 5.74) is 10.7. The van der Waals surface area contributed by atoms with E-state index in [1.54, 1.807) is 13.3 Å². The van der Waals surface area contributed by atoms with Gasteiger partial charge in [-0.25, -0.2) is 4.98 Å². The predicted molar refractivity (Wildman–Crippen MR) is 92.0 cm³/mol. The Morgan fingerprint density at radius 1 is 1.25 bits per heavy atom. The lowest BCUT2D eigenvalue weighted by Gasteiger charge is -2.16. The number of rotatable bonds is 3. The molecule has 1 aliphatic heterocycles. The topological polar surface area (TPSA) is 82.0 Å². The molecule has 6 heteroatoms. The number of carbonyl (C=O) groups excluding carboxylic acids is 1. The van der Waals surface area contributed by atoms with Crippen molar-refractivity contribution in [1.82, 2.24) is 9.38 Å². The number of aliphatic imine (C=N–C) groups is 1. The van der Waals surface area contributed by atoms with Gasteiger partial charge in [0.1, 0.15) is 17.9 Å². The largest absolute Gasteiger partial charge is 0.497 e. The van der Waals surface area contributed by atoms with Crippen molar-refractivity contribution in [2.24, 2.45) is 10.7 Å². The van der Waals surface area contributed by atoms with Gasteiger partial charge in [0, 0.05) is 35.5 Å². The average Bonchev–Trinajstić information content (AvgIpc) is 3.04. The number of hydrogen-bond acceptors (Lipinski definition) is 5. The number of pyridine rings is 1. The molecule has 0 radical (unpaired) electrons. The summed E-state index contributed by atoms with van der Waals surface area (Å²) < 4.78 is 7.21. The molecule has 0 spiro atoms. The number of hydrogen-bond donors (Lipinski definition) is 1. The fourth-order valence-electron chi connectivity index (χ4n) is 3.00. The zero-order chi connectivity index (χ0) is 16.7. The van der Waals surface area contributed by atoms with Crippen molar-refractivity contribution in [3.05, 3.63) is 53.9 Å². The van der Waals surface area contributed by atoms with Crippen LogP contribution in [0.15, 0.2) is 47.7 Å². The number of aromatic nitrogens is 2. The predicted octanol–water partition coefficient (Wildman–Crippen LogP) is 1.95. The van der Waals surface area contributed by atoms with Crippen molar-refractivity contribution < 1.29 is 9.53 Å². The first-order chi connectivity index (χ1) is 11.7. The van der Waals surface area contributed by atoms with E-state index in [1.807, 2.05) is 40.9 Å². The SMILES string of the molecule is COc1ccn2c(-c3ccc4c(c3)C(CN)=NCC4=O)cnc2c1. The van der Waals surface area contributed by atoms with E-state index >= 15 is 0 Å². The van der Waals surface area contributed by atoms with E-state index in [2.05, 4.69) is 9.98 Å². The van der Waals surface area contributed by atoms with Crippen LogP contribution in [0.3, 0.4) is 0 Å². The van der Waals surface area contributed by atoms with Crippen molar-refractivity contribution in [3.63, 3.8) is 0 Å². The third kappa shape index (κ3) is 2.19. The van der Waals surface area contributed by atoms with Crippen LogP contribution in [0.5, 0.6) is 5.75 Å². The molecule has 6 nitrogen and oxygen atoms in total. The van der Waals surface area contributed by atoms with E-state index in [0.29, 0.717) is 12.1 Å². The highest BCUT2D eigenvalue weighted by Crippen LogP contribution is 2.27. The summed E-state index contributed by atoms with van der Waals surface area (Å²) in [6.45, 7) is 0.488. The molecular formula is C18H16N4O2. The zero-order valence-electron chi connectivity index (χ0n) is 13.2. The molecule has 3 heterocycles. The lowest BCUT2D eigenvalue weighted by atomic mass is 9.94. The monoisotopic (exact) mass is 320 g/mol. The number of methoxy groups -OCH3 is 1. The molecule has 0 atom stereocenters. The summed E-state index contributed by atoms with van der Waals surface area (Å²) in [5.74, 6) is 0.782. The van der Waals surface area contributed by atoms with E-state index in [4.69, 9.17) is 10.5 Å². The molecule has 0 aliphatic carbocycles. The van der Waals surface area contributed by atoms with Crippen molar-refractivity contribution in [2.75, 3.05) is 20.2 Å². The maximum absolute atomic E-state index is 12.0. The number of benzene rings is 1. The molecular weight excluding hydrogens is 304 g/mol. The third-order valence-electron chi connectivity index (χ3n) is 4.25. The number of fused-ring (bicyclic) bond motifs is 2. The molecule has 4 rings (SSSR count). The second-order valence-electron chi connectivity index (χ2n) is 5.59. The number of Topliss-reactive ketones (excluding diaryl/α,β-unsaturated/α-hetero) is 1. The molecule has 0 amide bonds. The number of nitrogens with zero attached hydrogens (tertiary/aromatic N) is 3. The van der Waals surface area contributed by atoms with E-state index in [1.165, 1.54) is 0 Å². The van der Waals surface area contributed by atoms with Crippen LogP contribution in [-0.2, 0) is 0 Å². The Balaban J connectivity index is 1.87. The van der Waals surface area contributed by atoms with Crippen molar-refractivity contribution in [2.45, 2.75) is 0 Å². The van der Waals surface area contributed by atoms with Gasteiger partial charge in [-0.15, -0.1) is 0 Å². The van der Waals surface area contributed by atoms with Crippen LogP contribution in [0.25, 0.3) is 16.9 Å². The number of carbonyl (C=O) groups is 1. The first-order valence-corrected chi connectivity index (χ1v) is 7.63. The van der Waals surface area contributed by atoms with E-state index in [0.717, 1.165) is 33.9 Å². The molecule has 0 bridgehead atoms. The summed E-state index contributed by atoms with van der Waals surface area (Å²) in [4.78, 5) is 20.8. The quantitative estimate of drug-likeness (QED) is 0.800. The molecule has 120 valence electrons. The van der Waals surface area contributed by atoms with Crippen LogP contribution in [0.2, 0.25) is 0 Å². The van der Waals surface area contributed by atoms with E-state index < -0.39 is 0 Å². The van der Waals surface area contributed by atoms with Crippen LogP contribution in [0.1, 0.15) is 15.9 Å². The Morgan fingerprint density at radius 2 is 2.12 bits per heavy atom. The van der Waals surface area contributed by atoms with Crippen LogP contribution < -0.4 is 10.5 Å². The summed E-state index contributed by atoms with van der Waals surface area (Å²) >= 11 is 0. The van der Waals surface area contributed by atoms with Gasteiger partial charge in [0.15, 0.2) is 5.78 Å². The van der Waals surface area contributed by atoms with E-state index in [-0.39, 0.29) is 12.3 Å². The van der Waals surface area contributed by atoms with Crippen molar-refractivity contribution in [1.29, 1.82) is 0 Å². The lowest BCUT2D eigenvalue weighted by Crippen LogP contribution is -2.24. The van der Waals surface area contributed by atoms with Gasteiger partial charge in [-0.05, 0) is 18.2 Å². The highest BCUT2D eigenvalue weighted by molar-refractivity contribution is 6.16. The number of ketones is 1. The van der Waals surface area contributed by atoms with Gasteiger partial charge in [-0.3, -0.25) is 14.2 Å². The molecule has 3 aromatic rings. The minimum Gasteiger partial charge on any atom is -0.497 e. The Morgan fingerprint density at radius 3 is 2.92 bits per heavy atom. The fourth-order valence-corrected chi connectivity index (χ4v) is 3.00. The minimum atomic E-state index is 0.0247. The van der Waals surface area contributed by atoms with E-state index in [9.17, 15) is 4.79 Å². The number of ether oxygens (including phenoxy) is 1. The van der Waals surface area contributed by atoms with Gasteiger partial charge in [-0.2, -0.15) is 0 Å². The lowest BCUT2D eigenvalue weighted by molar-refractivity contribution is 0.1000. The Labute approximate surface area is 138 Å². The highest BCUT2D eigenvalue weighted by atomic mass is 16.5.